The molecule has 0 bridgehead atoms. The number of hydrogen-bond donors (Lipinski definition) is 1. The quantitative estimate of drug-likeness (QED) is 0.899. The van der Waals surface area contributed by atoms with Gasteiger partial charge in [0.25, 0.3) is 5.91 Å². The van der Waals surface area contributed by atoms with Gasteiger partial charge in [-0.05, 0) is 19.3 Å². The fraction of sp³-hybridized carbons (Fsp3) is 0.562. The van der Waals surface area contributed by atoms with E-state index >= 15 is 0 Å². The zero-order chi connectivity index (χ0) is 15.7. The van der Waals surface area contributed by atoms with Gasteiger partial charge in [0.15, 0.2) is 5.78 Å². The molecule has 0 unspecified atom stereocenters. The van der Waals surface area contributed by atoms with Gasteiger partial charge in [0.1, 0.15) is 18.1 Å². The molecule has 22 heavy (non-hydrogen) atoms. The van der Waals surface area contributed by atoms with Gasteiger partial charge < -0.3 is 14.6 Å². The summed E-state index contributed by atoms with van der Waals surface area (Å²) in [4.78, 5) is 38.7. The summed E-state index contributed by atoms with van der Waals surface area (Å²) in [5.41, 5.74) is 0.739. The first kappa shape index (κ1) is 14.8. The van der Waals surface area contributed by atoms with Crippen molar-refractivity contribution in [2.75, 3.05) is 13.1 Å². The summed E-state index contributed by atoms with van der Waals surface area (Å²) in [6, 6.07) is -0.487. The van der Waals surface area contributed by atoms with Gasteiger partial charge in [0, 0.05) is 25.9 Å². The summed E-state index contributed by atoms with van der Waals surface area (Å²) in [6.07, 6.45) is 4.53. The van der Waals surface area contributed by atoms with Gasteiger partial charge in [-0.15, -0.1) is 0 Å². The minimum absolute atomic E-state index is 0.0364. The average Bonchev–Trinajstić information content (AvgIpc) is 2.86. The van der Waals surface area contributed by atoms with Crippen molar-refractivity contribution in [2.45, 2.75) is 45.1 Å². The first-order chi connectivity index (χ1) is 10.6. The van der Waals surface area contributed by atoms with E-state index < -0.39 is 6.04 Å². The number of furan rings is 1. The third-order valence-electron chi connectivity index (χ3n) is 4.39. The molecule has 2 heterocycles. The number of nitrogens with one attached hydrogen (secondary N) is 1. The highest BCUT2D eigenvalue weighted by molar-refractivity contribution is 6.09. The second-order valence-corrected chi connectivity index (χ2v) is 5.79. The van der Waals surface area contributed by atoms with Crippen molar-refractivity contribution in [2.24, 2.45) is 0 Å². The van der Waals surface area contributed by atoms with Crippen molar-refractivity contribution in [1.29, 1.82) is 0 Å². The van der Waals surface area contributed by atoms with Crippen LogP contribution in [0.15, 0.2) is 10.7 Å². The smallest absolute Gasteiger partial charge is 0.258 e. The second-order valence-electron chi connectivity index (χ2n) is 5.79. The van der Waals surface area contributed by atoms with Crippen molar-refractivity contribution in [1.82, 2.24) is 10.2 Å². The van der Waals surface area contributed by atoms with Crippen molar-refractivity contribution < 1.29 is 18.8 Å². The molecule has 1 aliphatic heterocycles. The maximum atomic E-state index is 12.9. The summed E-state index contributed by atoms with van der Waals surface area (Å²) in [6.45, 7) is 2.96. The van der Waals surface area contributed by atoms with Crippen LogP contribution in [0.3, 0.4) is 0 Å². The summed E-state index contributed by atoms with van der Waals surface area (Å²) in [5, 5.41) is 2.82. The molecule has 3 rings (SSSR count). The van der Waals surface area contributed by atoms with Crippen molar-refractivity contribution in [3.8, 4) is 0 Å². The molecule has 1 aromatic rings. The Bertz CT molecular complexity index is 620. The van der Waals surface area contributed by atoms with Crippen LogP contribution in [0, 0.1) is 0 Å². The minimum atomic E-state index is -0.487. The van der Waals surface area contributed by atoms with Crippen LogP contribution in [0.25, 0.3) is 0 Å². The van der Waals surface area contributed by atoms with Gasteiger partial charge in [-0.1, -0.05) is 6.92 Å². The number of hydrogen-bond acceptors (Lipinski definition) is 4. The predicted molar refractivity (Wildman–Crippen MR) is 78.7 cm³/mol. The molecule has 6 nitrogen and oxygen atoms in total. The molecule has 1 atom stereocenters. The lowest BCUT2D eigenvalue weighted by Gasteiger charge is -2.27. The highest BCUT2D eigenvalue weighted by Crippen LogP contribution is 2.28. The number of aryl methyl sites for hydroxylation is 1. The van der Waals surface area contributed by atoms with E-state index in [2.05, 4.69) is 5.32 Å². The Morgan fingerprint density at radius 2 is 2.18 bits per heavy atom. The summed E-state index contributed by atoms with van der Waals surface area (Å²) in [7, 11) is 0. The van der Waals surface area contributed by atoms with Crippen LogP contribution in [0.4, 0.5) is 0 Å². The third kappa shape index (κ3) is 2.42. The van der Waals surface area contributed by atoms with Crippen molar-refractivity contribution >= 4 is 17.6 Å². The predicted octanol–water partition coefficient (Wildman–Crippen LogP) is 1.54. The zero-order valence-electron chi connectivity index (χ0n) is 12.7. The third-order valence-corrected chi connectivity index (χ3v) is 4.39. The average molecular weight is 304 g/mol. The van der Waals surface area contributed by atoms with E-state index in [1.165, 1.54) is 6.26 Å². The Labute approximate surface area is 128 Å². The molecule has 2 amide bonds. The molecule has 1 aliphatic carbocycles. The van der Waals surface area contributed by atoms with Crippen LogP contribution in [-0.2, 0) is 11.2 Å². The molecule has 2 aliphatic rings. The molecule has 6 heteroatoms. The lowest BCUT2D eigenvalue weighted by atomic mass is 9.93. The number of carbonyl (C=O) groups is 3. The Kier molecular flexibility index (Phi) is 4.00. The lowest BCUT2D eigenvalue weighted by molar-refractivity contribution is -0.124. The fourth-order valence-corrected chi connectivity index (χ4v) is 3.26. The van der Waals surface area contributed by atoms with Gasteiger partial charge in [0.05, 0.1) is 11.1 Å². The Balaban J connectivity index is 1.94. The molecule has 1 saturated heterocycles. The zero-order valence-corrected chi connectivity index (χ0v) is 12.7. The lowest BCUT2D eigenvalue weighted by Crippen LogP contribution is -2.47. The van der Waals surface area contributed by atoms with E-state index in [9.17, 15) is 14.4 Å². The molecule has 118 valence electrons. The van der Waals surface area contributed by atoms with Crippen molar-refractivity contribution in [3.05, 3.63) is 23.2 Å². The van der Waals surface area contributed by atoms with E-state index in [-0.39, 0.29) is 17.6 Å². The summed E-state index contributed by atoms with van der Waals surface area (Å²) < 4.78 is 5.43. The summed E-state index contributed by atoms with van der Waals surface area (Å²) in [5.74, 6) is 0.166. The van der Waals surface area contributed by atoms with Gasteiger partial charge in [-0.3, -0.25) is 14.4 Å². The Morgan fingerprint density at radius 3 is 2.95 bits per heavy atom. The van der Waals surface area contributed by atoms with Gasteiger partial charge in [-0.2, -0.15) is 0 Å². The van der Waals surface area contributed by atoms with Crippen LogP contribution in [0.1, 0.15) is 59.1 Å². The Morgan fingerprint density at radius 1 is 1.36 bits per heavy atom. The number of nitrogens with zero attached hydrogens (tertiary/aromatic N) is 1. The first-order valence-corrected chi connectivity index (χ1v) is 7.85. The molecule has 0 aromatic carbocycles. The molecule has 0 saturated carbocycles. The van der Waals surface area contributed by atoms with Crippen LogP contribution in [0.2, 0.25) is 0 Å². The first-order valence-electron chi connectivity index (χ1n) is 7.85. The second kappa shape index (κ2) is 5.94. The minimum Gasteiger partial charge on any atom is -0.468 e. The van der Waals surface area contributed by atoms with E-state index in [0.717, 1.165) is 6.42 Å². The molecule has 0 radical (unpaired) electrons. The van der Waals surface area contributed by atoms with E-state index in [1.54, 1.807) is 4.90 Å². The van der Waals surface area contributed by atoms with Gasteiger partial charge in [0.2, 0.25) is 5.91 Å². The van der Waals surface area contributed by atoms with Gasteiger partial charge in [-0.25, -0.2) is 0 Å². The standard InChI is InChI=1S/C16H20N2O4/c1-2-11-15(20)17-7-4-8-18(11)16(21)10-9-22-13-6-3-5-12(19)14(10)13/h9,11H,2-8H2,1H3,(H,17,20)/t11-/m1/s1. The van der Waals surface area contributed by atoms with E-state index in [0.29, 0.717) is 55.7 Å². The topological polar surface area (TPSA) is 79.6 Å². The number of fused-ring (bicyclic) bond motifs is 1. The number of carbonyl (C=O) groups excluding carboxylic acids is 3. The summed E-state index contributed by atoms with van der Waals surface area (Å²) >= 11 is 0. The largest absolute Gasteiger partial charge is 0.468 e. The highest BCUT2D eigenvalue weighted by atomic mass is 16.3. The molecule has 0 spiro atoms. The maximum absolute atomic E-state index is 12.9. The maximum Gasteiger partial charge on any atom is 0.258 e. The molecule has 1 N–H and O–H groups in total. The SMILES string of the molecule is CC[C@@H]1C(=O)NCCCN1C(=O)c1coc2c1C(=O)CCC2. The number of ketones is 1. The molecular weight excluding hydrogens is 284 g/mol. The molecule has 1 aromatic heterocycles. The normalized spacial score (nSPS) is 22.0. The van der Waals surface area contributed by atoms with E-state index in [4.69, 9.17) is 4.42 Å². The van der Waals surface area contributed by atoms with Crippen LogP contribution < -0.4 is 5.32 Å². The van der Waals surface area contributed by atoms with Crippen LogP contribution in [0.5, 0.6) is 0 Å². The van der Waals surface area contributed by atoms with Gasteiger partial charge >= 0.3 is 0 Å². The monoisotopic (exact) mass is 304 g/mol. The van der Waals surface area contributed by atoms with E-state index in [1.807, 2.05) is 6.92 Å². The van der Waals surface area contributed by atoms with Crippen LogP contribution >= 0.6 is 0 Å². The molecule has 1 fully saturated rings. The van der Waals surface area contributed by atoms with Crippen molar-refractivity contribution in [3.63, 3.8) is 0 Å². The number of amides is 2. The number of Topliss-reactive ketones (excluding diaryl/α,β-unsaturated/α-hetero) is 1. The number of rotatable bonds is 2. The molecular formula is C16H20N2O4. The highest BCUT2D eigenvalue weighted by Gasteiger charge is 2.35. The van der Waals surface area contributed by atoms with Crippen LogP contribution in [-0.4, -0.2) is 41.6 Å². The Hall–Kier alpha value is -2.11. The fourth-order valence-electron chi connectivity index (χ4n) is 3.26.